The summed E-state index contributed by atoms with van der Waals surface area (Å²) >= 11 is 1.33. The molecule has 8 heteroatoms. The fraction of sp³-hybridized carbons (Fsp3) is 0.200. The smallest absolute Gasteiger partial charge is 0.271 e. The van der Waals surface area contributed by atoms with Crippen LogP contribution in [0.1, 0.15) is 22.5 Å². The monoisotopic (exact) mass is 396 g/mol. The molecule has 1 atom stereocenters. The van der Waals surface area contributed by atoms with Gasteiger partial charge in [-0.1, -0.05) is 18.2 Å². The molecule has 1 fully saturated rings. The lowest BCUT2D eigenvalue weighted by atomic mass is 10.2. The van der Waals surface area contributed by atoms with Gasteiger partial charge in [0.15, 0.2) is 0 Å². The van der Waals surface area contributed by atoms with Crippen LogP contribution in [0, 0.1) is 5.82 Å². The van der Waals surface area contributed by atoms with E-state index in [4.69, 9.17) is 0 Å². The highest BCUT2D eigenvalue weighted by Crippen LogP contribution is 2.22. The van der Waals surface area contributed by atoms with Gasteiger partial charge < -0.3 is 10.2 Å². The van der Waals surface area contributed by atoms with Gasteiger partial charge in [0.1, 0.15) is 22.6 Å². The molecule has 0 saturated carbocycles. The van der Waals surface area contributed by atoms with Gasteiger partial charge in [-0.05, 0) is 36.2 Å². The van der Waals surface area contributed by atoms with E-state index < -0.39 is 6.04 Å². The molecule has 0 bridgehead atoms. The van der Waals surface area contributed by atoms with Crippen LogP contribution in [-0.2, 0) is 11.3 Å². The quantitative estimate of drug-likeness (QED) is 0.720. The minimum Gasteiger partial charge on any atom is -0.339 e. The molecule has 0 radical (unpaired) electrons. The van der Waals surface area contributed by atoms with E-state index in [0.29, 0.717) is 30.2 Å². The third-order valence-corrected chi connectivity index (χ3v) is 5.38. The molecule has 0 spiro atoms. The number of benzene rings is 1. The summed E-state index contributed by atoms with van der Waals surface area (Å²) in [6.07, 6.45) is 2.20. The Hall–Kier alpha value is -3.13. The second-order valence-electron chi connectivity index (χ2n) is 6.45. The zero-order valence-electron chi connectivity index (χ0n) is 14.8. The van der Waals surface area contributed by atoms with Crippen LogP contribution in [0.4, 0.5) is 4.39 Å². The van der Waals surface area contributed by atoms with Crippen molar-refractivity contribution in [2.75, 3.05) is 6.54 Å². The van der Waals surface area contributed by atoms with Crippen LogP contribution in [0.3, 0.4) is 0 Å². The summed E-state index contributed by atoms with van der Waals surface area (Å²) in [5.74, 6) is -0.826. The molecule has 2 amide bonds. The molecule has 142 valence electrons. The number of carbonyl (C=O) groups excluding carboxylic acids is 2. The van der Waals surface area contributed by atoms with E-state index in [1.165, 1.54) is 23.5 Å². The van der Waals surface area contributed by atoms with E-state index in [0.717, 1.165) is 5.56 Å². The lowest BCUT2D eigenvalue weighted by Gasteiger charge is -2.17. The van der Waals surface area contributed by atoms with E-state index in [9.17, 15) is 14.0 Å². The first-order chi connectivity index (χ1) is 13.6. The summed E-state index contributed by atoms with van der Waals surface area (Å²) < 4.78 is 13.0. The molecular weight excluding hydrogens is 379 g/mol. The standard InChI is InChI=1S/C20H17FN4O2S/c21-14-6-4-13(5-7-14)11-25-10-8-16(20(25)27)23-18(26)17-12-28-19(24-17)15-3-1-2-9-22-15/h1-7,9,12,16H,8,10-11H2,(H,23,26). The van der Waals surface area contributed by atoms with E-state index in [2.05, 4.69) is 15.3 Å². The number of nitrogens with zero attached hydrogens (tertiary/aromatic N) is 3. The molecule has 1 aliphatic rings. The maximum atomic E-state index is 13.0. The molecule has 1 saturated heterocycles. The number of amides is 2. The van der Waals surface area contributed by atoms with Crippen molar-refractivity contribution >= 4 is 23.2 Å². The number of hydrogen-bond donors (Lipinski definition) is 1. The van der Waals surface area contributed by atoms with Gasteiger partial charge >= 0.3 is 0 Å². The van der Waals surface area contributed by atoms with Crippen molar-refractivity contribution in [2.24, 2.45) is 0 Å². The highest BCUT2D eigenvalue weighted by molar-refractivity contribution is 7.13. The molecule has 1 aliphatic heterocycles. The van der Waals surface area contributed by atoms with Gasteiger partial charge in [-0.3, -0.25) is 14.6 Å². The van der Waals surface area contributed by atoms with Crippen molar-refractivity contribution in [1.82, 2.24) is 20.2 Å². The predicted molar refractivity (Wildman–Crippen MR) is 103 cm³/mol. The molecule has 28 heavy (non-hydrogen) atoms. The summed E-state index contributed by atoms with van der Waals surface area (Å²) in [6.45, 7) is 0.934. The number of carbonyl (C=O) groups is 2. The Morgan fingerprint density at radius 1 is 1.25 bits per heavy atom. The molecule has 1 aromatic carbocycles. The van der Waals surface area contributed by atoms with E-state index in [-0.39, 0.29) is 23.3 Å². The minimum absolute atomic E-state index is 0.141. The highest BCUT2D eigenvalue weighted by atomic mass is 32.1. The Balaban J connectivity index is 1.38. The van der Waals surface area contributed by atoms with E-state index in [1.807, 2.05) is 18.2 Å². The molecule has 2 aromatic heterocycles. The van der Waals surface area contributed by atoms with Gasteiger partial charge in [-0.25, -0.2) is 9.37 Å². The summed E-state index contributed by atoms with van der Waals surface area (Å²) in [6, 6.07) is 11.0. The van der Waals surface area contributed by atoms with Crippen LogP contribution in [0.5, 0.6) is 0 Å². The molecule has 1 N–H and O–H groups in total. The molecule has 3 aromatic rings. The fourth-order valence-electron chi connectivity index (χ4n) is 3.06. The van der Waals surface area contributed by atoms with Gasteiger partial charge in [0.05, 0.1) is 5.69 Å². The van der Waals surface area contributed by atoms with E-state index in [1.54, 1.807) is 28.6 Å². The summed E-state index contributed by atoms with van der Waals surface area (Å²) in [7, 11) is 0. The lowest BCUT2D eigenvalue weighted by Crippen LogP contribution is -2.41. The summed E-state index contributed by atoms with van der Waals surface area (Å²) in [5.41, 5.74) is 1.82. The highest BCUT2D eigenvalue weighted by Gasteiger charge is 2.33. The zero-order chi connectivity index (χ0) is 19.5. The third kappa shape index (κ3) is 3.91. The molecular formula is C20H17FN4O2S. The average Bonchev–Trinajstić information content (AvgIpc) is 3.33. The molecule has 4 rings (SSSR count). The molecule has 0 aliphatic carbocycles. The predicted octanol–water partition coefficient (Wildman–Crippen LogP) is 2.88. The fourth-order valence-corrected chi connectivity index (χ4v) is 3.83. The van der Waals surface area contributed by atoms with Crippen molar-refractivity contribution < 1.29 is 14.0 Å². The van der Waals surface area contributed by atoms with Crippen LogP contribution in [-0.4, -0.2) is 39.3 Å². The largest absolute Gasteiger partial charge is 0.339 e. The Bertz CT molecular complexity index is 991. The van der Waals surface area contributed by atoms with E-state index >= 15 is 0 Å². The number of pyridine rings is 1. The number of hydrogen-bond acceptors (Lipinski definition) is 5. The van der Waals surface area contributed by atoms with Crippen LogP contribution >= 0.6 is 11.3 Å². The molecule has 1 unspecified atom stereocenters. The minimum atomic E-state index is -0.576. The lowest BCUT2D eigenvalue weighted by molar-refractivity contribution is -0.129. The van der Waals surface area contributed by atoms with Crippen LogP contribution in [0.2, 0.25) is 0 Å². The first-order valence-corrected chi connectivity index (χ1v) is 9.69. The van der Waals surface area contributed by atoms with Crippen molar-refractivity contribution in [3.05, 3.63) is 71.1 Å². The van der Waals surface area contributed by atoms with Crippen molar-refractivity contribution in [3.8, 4) is 10.7 Å². The second-order valence-corrected chi connectivity index (χ2v) is 7.31. The Kier molecular flexibility index (Phi) is 5.12. The van der Waals surface area contributed by atoms with Crippen LogP contribution in [0.15, 0.2) is 54.0 Å². The average molecular weight is 396 g/mol. The number of thiazole rings is 1. The Morgan fingerprint density at radius 2 is 2.07 bits per heavy atom. The van der Waals surface area contributed by atoms with Gasteiger partial charge in [-0.2, -0.15) is 0 Å². The number of likely N-dealkylation sites (tertiary alicyclic amines) is 1. The number of halogens is 1. The van der Waals surface area contributed by atoms with Crippen molar-refractivity contribution in [3.63, 3.8) is 0 Å². The number of rotatable bonds is 5. The summed E-state index contributed by atoms with van der Waals surface area (Å²) in [4.78, 5) is 35.3. The first kappa shape index (κ1) is 18.2. The first-order valence-electron chi connectivity index (χ1n) is 8.81. The van der Waals surface area contributed by atoms with Gasteiger partial charge in [0.25, 0.3) is 5.91 Å². The maximum absolute atomic E-state index is 13.0. The second kappa shape index (κ2) is 7.85. The SMILES string of the molecule is O=C(NC1CCN(Cc2ccc(F)cc2)C1=O)c1csc(-c2ccccn2)n1. The summed E-state index contributed by atoms with van der Waals surface area (Å²) in [5, 5.41) is 5.08. The van der Waals surface area contributed by atoms with Crippen LogP contribution in [0.25, 0.3) is 10.7 Å². The maximum Gasteiger partial charge on any atom is 0.271 e. The number of nitrogens with one attached hydrogen (secondary N) is 1. The number of aromatic nitrogens is 2. The molecule has 6 nitrogen and oxygen atoms in total. The Morgan fingerprint density at radius 3 is 2.82 bits per heavy atom. The van der Waals surface area contributed by atoms with Crippen molar-refractivity contribution in [1.29, 1.82) is 0 Å². The van der Waals surface area contributed by atoms with Crippen molar-refractivity contribution in [2.45, 2.75) is 19.0 Å². The topological polar surface area (TPSA) is 75.2 Å². The normalized spacial score (nSPS) is 16.4. The molecule has 3 heterocycles. The van der Waals surface area contributed by atoms with Gasteiger partial charge in [-0.15, -0.1) is 11.3 Å². The Labute approximate surface area is 165 Å². The van der Waals surface area contributed by atoms with Gasteiger partial charge in [0, 0.05) is 24.7 Å². The van der Waals surface area contributed by atoms with Gasteiger partial charge in [0.2, 0.25) is 5.91 Å². The zero-order valence-corrected chi connectivity index (χ0v) is 15.7. The van der Waals surface area contributed by atoms with Crippen LogP contribution < -0.4 is 5.32 Å². The third-order valence-electron chi connectivity index (χ3n) is 4.51.